The van der Waals surface area contributed by atoms with Gasteiger partial charge in [0.1, 0.15) is 17.2 Å². The van der Waals surface area contributed by atoms with Gasteiger partial charge in [-0.25, -0.2) is 13.6 Å². The molecule has 0 aliphatic heterocycles. The lowest BCUT2D eigenvalue weighted by atomic mass is 9.91. The highest BCUT2D eigenvalue weighted by molar-refractivity contribution is 5.82. The van der Waals surface area contributed by atoms with E-state index in [0.29, 0.717) is 12.5 Å². The molecule has 1 aliphatic carbocycles. The largest absolute Gasteiger partial charge is 0.467 e. The summed E-state index contributed by atoms with van der Waals surface area (Å²) in [6, 6.07) is 3.19. The van der Waals surface area contributed by atoms with Gasteiger partial charge in [0, 0.05) is 11.6 Å². The topological polar surface area (TPSA) is 38.3 Å². The first kappa shape index (κ1) is 13.9. The molecule has 2 rings (SSSR count). The summed E-state index contributed by atoms with van der Waals surface area (Å²) in [6.07, 6.45) is 2.21. The van der Waals surface area contributed by atoms with Crippen LogP contribution in [-0.4, -0.2) is 19.6 Å². The Morgan fingerprint density at radius 3 is 2.68 bits per heavy atom. The maximum atomic E-state index is 13.9. The van der Waals surface area contributed by atoms with Crippen molar-refractivity contribution < 1.29 is 18.3 Å². The highest BCUT2D eigenvalue weighted by atomic mass is 19.1. The third-order valence-electron chi connectivity index (χ3n) is 3.50. The molecule has 0 aromatic heterocycles. The number of hydrogen-bond acceptors (Lipinski definition) is 3. The van der Waals surface area contributed by atoms with Gasteiger partial charge in [0.15, 0.2) is 0 Å². The van der Waals surface area contributed by atoms with Crippen LogP contribution in [0.2, 0.25) is 0 Å². The summed E-state index contributed by atoms with van der Waals surface area (Å²) >= 11 is 0. The Hall–Kier alpha value is -1.49. The number of halogens is 2. The van der Waals surface area contributed by atoms with Crippen LogP contribution in [0.4, 0.5) is 8.78 Å². The molecule has 0 heterocycles. The molecule has 0 spiro atoms. The number of methoxy groups -OCH3 is 1. The van der Waals surface area contributed by atoms with Crippen LogP contribution >= 0.6 is 0 Å². The SMILES string of the molecule is COC(=O)C(C)(NCC1CC1)c1ccc(F)cc1F. The molecular weight excluding hydrogens is 252 g/mol. The van der Waals surface area contributed by atoms with Crippen LogP contribution in [0.5, 0.6) is 0 Å². The highest BCUT2D eigenvalue weighted by Crippen LogP contribution is 2.31. The molecule has 1 atom stereocenters. The van der Waals surface area contributed by atoms with E-state index in [0.717, 1.165) is 25.0 Å². The average molecular weight is 269 g/mol. The van der Waals surface area contributed by atoms with Gasteiger partial charge >= 0.3 is 5.97 Å². The Kier molecular flexibility index (Phi) is 3.85. The molecule has 5 heteroatoms. The number of benzene rings is 1. The third kappa shape index (κ3) is 2.92. The smallest absolute Gasteiger partial charge is 0.330 e. The summed E-state index contributed by atoms with van der Waals surface area (Å²) < 4.78 is 31.6. The van der Waals surface area contributed by atoms with Crippen molar-refractivity contribution in [1.82, 2.24) is 5.32 Å². The van der Waals surface area contributed by atoms with E-state index in [9.17, 15) is 13.6 Å². The fourth-order valence-electron chi connectivity index (χ4n) is 2.05. The van der Waals surface area contributed by atoms with E-state index < -0.39 is 23.1 Å². The fourth-order valence-corrected chi connectivity index (χ4v) is 2.05. The molecule has 1 N–H and O–H groups in total. The van der Waals surface area contributed by atoms with Crippen molar-refractivity contribution in [2.75, 3.05) is 13.7 Å². The molecule has 3 nitrogen and oxygen atoms in total. The third-order valence-corrected chi connectivity index (χ3v) is 3.50. The summed E-state index contributed by atoms with van der Waals surface area (Å²) in [4.78, 5) is 12.0. The molecule has 19 heavy (non-hydrogen) atoms. The van der Waals surface area contributed by atoms with Gasteiger partial charge in [-0.3, -0.25) is 5.32 Å². The maximum absolute atomic E-state index is 13.9. The number of rotatable bonds is 5. The molecular formula is C14H17F2NO2. The minimum Gasteiger partial charge on any atom is -0.467 e. The first-order valence-electron chi connectivity index (χ1n) is 6.26. The molecule has 1 fully saturated rings. The Morgan fingerprint density at radius 1 is 1.47 bits per heavy atom. The zero-order valence-corrected chi connectivity index (χ0v) is 11.0. The number of carbonyl (C=O) groups excluding carboxylic acids is 1. The number of esters is 1. The van der Waals surface area contributed by atoms with Crippen LogP contribution in [-0.2, 0) is 15.1 Å². The van der Waals surface area contributed by atoms with E-state index in [2.05, 4.69) is 5.32 Å². The fraction of sp³-hybridized carbons (Fsp3) is 0.500. The lowest BCUT2D eigenvalue weighted by Crippen LogP contribution is -2.48. The zero-order chi connectivity index (χ0) is 14.0. The van der Waals surface area contributed by atoms with Crippen molar-refractivity contribution in [1.29, 1.82) is 0 Å². The van der Waals surface area contributed by atoms with Crippen molar-refractivity contribution in [2.45, 2.75) is 25.3 Å². The maximum Gasteiger partial charge on any atom is 0.330 e. The van der Waals surface area contributed by atoms with Crippen molar-refractivity contribution in [3.63, 3.8) is 0 Å². The molecule has 104 valence electrons. The number of carbonyl (C=O) groups is 1. The van der Waals surface area contributed by atoms with E-state index in [1.807, 2.05) is 0 Å². The second-order valence-corrected chi connectivity index (χ2v) is 5.07. The van der Waals surface area contributed by atoms with Crippen LogP contribution in [0, 0.1) is 17.6 Å². The van der Waals surface area contributed by atoms with Crippen LogP contribution in [0.3, 0.4) is 0 Å². The molecule has 1 aromatic rings. The second kappa shape index (κ2) is 5.25. The summed E-state index contributed by atoms with van der Waals surface area (Å²) in [5.74, 6) is -1.49. The van der Waals surface area contributed by atoms with Crippen molar-refractivity contribution in [3.8, 4) is 0 Å². The summed E-state index contributed by atoms with van der Waals surface area (Å²) in [6.45, 7) is 2.17. The van der Waals surface area contributed by atoms with Gasteiger partial charge in [0.25, 0.3) is 0 Å². The van der Waals surface area contributed by atoms with E-state index in [-0.39, 0.29) is 5.56 Å². The van der Waals surface area contributed by atoms with Gasteiger partial charge in [-0.05, 0) is 38.3 Å². The van der Waals surface area contributed by atoms with E-state index in [4.69, 9.17) is 4.74 Å². The van der Waals surface area contributed by atoms with Gasteiger partial charge in [-0.1, -0.05) is 6.07 Å². The van der Waals surface area contributed by atoms with Crippen LogP contribution in [0.15, 0.2) is 18.2 Å². The van der Waals surface area contributed by atoms with Crippen LogP contribution in [0.1, 0.15) is 25.3 Å². The molecule has 0 saturated heterocycles. The molecule has 1 unspecified atom stereocenters. The monoisotopic (exact) mass is 269 g/mol. The number of nitrogens with one attached hydrogen (secondary N) is 1. The molecule has 1 aromatic carbocycles. The van der Waals surface area contributed by atoms with Gasteiger partial charge < -0.3 is 4.74 Å². The predicted octanol–water partition coefficient (Wildman–Crippen LogP) is 2.35. The van der Waals surface area contributed by atoms with E-state index in [1.54, 1.807) is 6.92 Å². The Bertz CT molecular complexity index is 488. The Morgan fingerprint density at radius 2 is 2.16 bits per heavy atom. The zero-order valence-electron chi connectivity index (χ0n) is 11.0. The van der Waals surface area contributed by atoms with Crippen LogP contribution in [0.25, 0.3) is 0 Å². The Labute approximate surface area is 111 Å². The molecule has 1 saturated carbocycles. The first-order chi connectivity index (χ1) is 8.97. The van der Waals surface area contributed by atoms with E-state index in [1.165, 1.54) is 13.2 Å². The average Bonchev–Trinajstić information content (AvgIpc) is 3.19. The first-order valence-corrected chi connectivity index (χ1v) is 6.26. The van der Waals surface area contributed by atoms with Gasteiger partial charge in [0.05, 0.1) is 7.11 Å². The summed E-state index contributed by atoms with van der Waals surface area (Å²) in [5.41, 5.74) is -1.20. The van der Waals surface area contributed by atoms with Crippen LogP contribution < -0.4 is 5.32 Å². The number of ether oxygens (including phenoxy) is 1. The van der Waals surface area contributed by atoms with Crippen molar-refractivity contribution in [3.05, 3.63) is 35.4 Å². The second-order valence-electron chi connectivity index (χ2n) is 5.07. The van der Waals surface area contributed by atoms with Crippen molar-refractivity contribution >= 4 is 5.97 Å². The minimum atomic E-state index is -1.30. The number of hydrogen-bond donors (Lipinski definition) is 1. The van der Waals surface area contributed by atoms with Gasteiger partial charge in [0.2, 0.25) is 0 Å². The van der Waals surface area contributed by atoms with E-state index >= 15 is 0 Å². The van der Waals surface area contributed by atoms with Gasteiger partial charge in [-0.15, -0.1) is 0 Å². The minimum absolute atomic E-state index is 0.0985. The lowest BCUT2D eigenvalue weighted by Gasteiger charge is -2.29. The Balaban J connectivity index is 2.31. The molecule has 1 aliphatic rings. The highest BCUT2D eigenvalue weighted by Gasteiger charge is 2.39. The lowest BCUT2D eigenvalue weighted by molar-refractivity contribution is -0.148. The molecule has 0 amide bonds. The van der Waals surface area contributed by atoms with Crippen molar-refractivity contribution in [2.24, 2.45) is 5.92 Å². The summed E-state index contributed by atoms with van der Waals surface area (Å²) in [7, 11) is 1.25. The van der Waals surface area contributed by atoms with Gasteiger partial charge in [-0.2, -0.15) is 0 Å². The molecule has 0 bridgehead atoms. The quantitative estimate of drug-likeness (QED) is 0.834. The standard InChI is InChI=1S/C14H17F2NO2/c1-14(13(18)19-2,17-8-9-3-4-9)11-6-5-10(15)7-12(11)16/h5-7,9,17H,3-4,8H2,1-2H3. The normalized spacial score (nSPS) is 17.9. The predicted molar refractivity (Wildman–Crippen MR) is 66.5 cm³/mol. The molecule has 0 radical (unpaired) electrons. The summed E-state index contributed by atoms with van der Waals surface area (Å²) in [5, 5.41) is 3.05.